The zero-order valence-electron chi connectivity index (χ0n) is 10.9. The number of esters is 1. The van der Waals surface area contributed by atoms with Gasteiger partial charge in [-0.15, -0.1) is 0 Å². The van der Waals surface area contributed by atoms with E-state index in [1.807, 2.05) is 0 Å². The van der Waals surface area contributed by atoms with Crippen molar-refractivity contribution in [3.8, 4) is 5.75 Å². The number of carbonyl (C=O) groups is 1. The van der Waals surface area contributed by atoms with Crippen LogP contribution in [-0.4, -0.2) is 25.3 Å². The first-order chi connectivity index (χ1) is 9.56. The number of hydrogen-bond donors (Lipinski definition) is 1. The van der Waals surface area contributed by atoms with Gasteiger partial charge in [0.25, 0.3) is 0 Å². The summed E-state index contributed by atoms with van der Waals surface area (Å²) in [5, 5.41) is 10.3. The highest BCUT2D eigenvalue weighted by molar-refractivity contribution is 9.10. The Hall–Kier alpha value is -1.79. The first-order valence-corrected chi connectivity index (χ1v) is 6.55. The predicted octanol–water partition coefficient (Wildman–Crippen LogP) is 2.92. The van der Waals surface area contributed by atoms with Gasteiger partial charge >= 0.3 is 5.97 Å². The summed E-state index contributed by atoms with van der Waals surface area (Å²) in [6, 6.07) is 8.21. The van der Waals surface area contributed by atoms with Crippen molar-refractivity contribution >= 4 is 21.9 Å². The van der Waals surface area contributed by atoms with Gasteiger partial charge in [-0.05, 0) is 30.3 Å². The van der Waals surface area contributed by atoms with Gasteiger partial charge in [0.15, 0.2) is 0 Å². The van der Waals surface area contributed by atoms with Crippen LogP contribution in [-0.2, 0) is 4.74 Å². The number of halogens is 1. The van der Waals surface area contributed by atoms with Gasteiger partial charge < -0.3 is 19.0 Å². The lowest BCUT2D eigenvalue weighted by Crippen LogP contribution is -2.01. The van der Waals surface area contributed by atoms with Crippen molar-refractivity contribution in [2.45, 2.75) is 6.10 Å². The van der Waals surface area contributed by atoms with Crippen molar-refractivity contribution in [3.63, 3.8) is 0 Å². The molecule has 1 N–H and O–H groups in total. The molecule has 1 heterocycles. The van der Waals surface area contributed by atoms with E-state index in [-0.39, 0.29) is 11.5 Å². The van der Waals surface area contributed by atoms with Crippen LogP contribution < -0.4 is 4.74 Å². The summed E-state index contributed by atoms with van der Waals surface area (Å²) in [6.07, 6.45) is -1.02. The average Bonchev–Trinajstić information content (AvgIpc) is 2.96. The summed E-state index contributed by atoms with van der Waals surface area (Å²) < 4.78 is 15.7. The molecule has 0 radical (unpaired) electrons. The minimum Gasteiger partial charge on any atom is -0.497 e. The molecule has 0 saturated carbocycles. The van der Waals surface area contributed by atoms with Crippen molar-refractivity contribution in [2.75, 3.05) is 14.2 Å². The van der Waals surface area contributed by atoms with Crippen LogP contribution in [0.15, 0.2) is 39.2 Å². The van der Waals surface area contributed by atoms with E-state index in [0.29, 0.717) is 15.8 Å². The number of ether oxygens (including phenoxy) is 2. The molecule has 1 aromatic carbocycles. The van der Waals surface area contributed by atoms with Gasteiger partial charge in [-0.1, -0.05) is 15.9 Å². The van der Waals surface area contributed by atoms with E-state index in [9.17, 15) is 9.90 Å². The van der Waals surface area contributed by atoms with Gasteiger partial charge in [-0.2, -0.15) is 0 Å². The number of benzene rings is 1. The quantitative estimate of drug-likeness (QED) is 0.866. The van der Waals surface area contributed by atoms with Crippen LogP contribution >= 0.6 is 15.9 Å². The van der Waals surface area contributed by atoms with Crippen LogP contribution in [0, 0.1) is 0 Å². The third kappa shape index (κ3) is 2.86. The molecule has 0 fully saturated rings. The molecule has 0 bridgehead atoms. The third-order valence-electron chi connectivity index (χ3n) is 2.78. The van der Waals surface area contributed by atoms with Crippen molar-refractivity contribution in [2.24, 2.45) is 0 Å². The maximum Gasteiger partial charge on any atom is 0.373 e. The number of hydrogen-bond acceptors (Lipinski definition) is 5. The molecule has 0 aliphatic rings. The molecule has 106 valence electrons. The Morgan fingerprint density at radius 1 is 1.30 bits per heavy atom. The molecular weight excluding hydrogens is 328 g/mol. The van der Waals surface area contributed by atoms with E-state index in [4.69, 9.17) is 9.15 Å². The summed E-state index contributed by atoms with van der Waals surface area (Å²) in [5.74, 6) is 0.315. The van der Waals surface area contributed by atoms with Crippen LogP contribution in [0.3, 0.4) is 0 Å². The molecule has 0 spiro atoms. The molecule has 1 unspecified atom stereocenters. The molecule has 2 aromatic rings. The summed E-state index contributed by atoms with van der Waals surface area (Å²) in [6.45, 7) is 0. The molecule has 6 heteroatoms. The number of aliphatic hydroxyl groups is 1. The molecule has 0 saturated heterocycles. The smallest absolute Gasteiger partial charge is 0.373 e. The van der Waals surface area contributed by atoms with Crippen LogP contribution in [0.25, 0.3) is 0 Å². The van der Waals surface area contributed by atoms with E-state index < -0.39 is 12.1 Å². The van der Waals surface area contributed by atoms with Crippen molar-refractivity contribution in [1.29, 1.82) is 0 Å². The number of furan rings is 1. The molecule has 1 aromatic heterocycles. The lowest BCUT2D eigenvalue weighted by Gasteiger charge is -2.12. The molecule has 1 atom stereocenters. The topological polar surface area (TPSA) is 68.9 Å². The summed E-state index contributed by atoms with van der Waals surface area (Å²) in [5.41, 5.74) is 0.579. The van der Waals surface area contributed by atoms with Gasteiger partial charge in [-0.25, -0.2) is 4.79 Å². The Bertz CT molecular complexity index is 620. The predicted molar refractivity (Wildman–Crippen MR) is 74.8 cm³/mol. The number of rotatable bonds is 4. The fourth-order valence-corrected chi connectivity index (χ4v) is 2.19. The zero-order chi connectivity index (χ0) is 14.7. The maximum absolute atomic E-state index is 11.3. The highest BCUT2D eigenvalue weighted by Gasteiger charge is 2.20. The van der Waals surface area contributed by atoms with Gasteiger partial charge in [0.05, 0.1) is 14.2 Å². The second-order valence-corrected chi connectivity index (χ2v) is 4.84. The van der Waals surface area contributed by atoms with Crippen LogP contribution in [0.2, 0.25) is 0 Å². The minimum atomic E-state index is -1.02. The monoisotopic (exact) mass is 340 g/mol. The largest absolute Gasteiger partial charge is 0.497 e. The lowest BCUT2D eigenvalue weighted by molar-refractivity contribution is 0.0558. The Kier molecular flexibility index (Phi) is 4.46. The maximum atomic E-state index is 11.3. The minimum absolute atomic E-state index is 0.0422. The summed E-state index contributed by atoms with van der Waals surface area (Å²) in [7, 11) is 2.81. The van der Waals surface area contributed by atoms with Crippen molar-refractivity contribution < 1.29 is 23.8 Å². The third-order valence-corrected chi connectivity index (χ3v) is 3.50. The lowest BCUT2D eigenvalue weighted by atomic mass is 10.1. The van der Waals surface area contributed by atoms with Crippen LogP contribution in [0.4, 0.5) is 0 Å². The van der Waals surface area contributed by atoms with Crippen molar-refractivity contribution in [3.05, 3.63) is 51.9 Å². The SMILES string of the molecule is COC(=O)c1ccc(C(O)c2cc(OC)ccc2Br)o1. The van der Waals surface area contributed by atoms with Crippen LogP contribution in [0.5, 0.6) is 5.75 Å². The van der Waals surface area contributed by atoms with Crippen molar-refractivity contribution in [1.82, 2.24) is 0 Å². The average molecular weight is 341 g/mol. The Morgan fingerprint density at radius 2 is 2.05 bits per heavy atom. The number of carbonyl (C=O) groups excluding carboxylic acids is 1. The van der Waals surface area contributed by atoms with Crippen LogP contribution in [0.1, 0.15) is 28.0 Å². The molecular formula is C14H13BrO5. The zero-order valence-corrected chi connectivity index (χ0v) is 12.5. The molecule has 20 heavy (non-hydrogen) atoms. The second-order valence-electron chi connectivity index (χ2n) is 3.98. The number of methoxy groups -OCH3 is 2. The fourth-order valence-electron chi connectivity index (χ4n) is 1.72. The van der Waals surface area contributed by atoms with E-state index in [1.54, 1.807) is 25.3 Å². The Morgan fingerprint density at radius 3 is 2.70 bits per heavy atom. The van der Waals surface area contributed by atoms with Gasteiger partial charge in [0.2, 0.25) is 5.76 Å². The second kappa shape index (κ2) is 6.11. The molecule has 0 aliphatic heterocycles. The summed E-state index contributed by atoms with van der Waals surface area (Å²) in [4.78, 5) is 11.3. The first kappa shape index (κ1) is 14.6. The Balaban J connectivity index is 2.33. The van der Waals surface area contributed by atoms with E-state index >= 15 is 0 Å². The fraction of sp³-hybridized carbons (Fsp3) is 0.214. The highest BCUT2D eigenvalue weighted by Crippen LogP contribution is 2.32. The molecule has 5 nitrogen and oxygen atoms in total. The van der Waals surface area contributed by atoms with E-state index in [1.165, 1.54) is 19.2 Å². The highest BCUT2D eigenvalue weighted by atomic mass is 79.9. The first-order valence-electron chi connectivity index (χ1n) is 5.76. The molecule has 2 rings (SSSR count). The summed E-state index contributed by atoms with van der Waals surface area (Å²) >= 11 is 3.36. The normalized spacial score (nSPS) is 12.0. The van der Waals surface area contributed by atoms with E-state index in [2.05, 4.69) is 20.7 Å². The van der Waals surface area contributed by atoms with Gasteiger partial charge in [0, 0.05) is 10.0 Å². The molecule has 0 amide bonds. The number of aliphatic hydroxyl groups excluding tert-OH is 1. The molecule has 0 aliphatic carbocycles. The Labute approximate surface area is 124 Å². The van der Waals surface area contributed by atoms with E-state index in [0.717, 1.165) is 0 Å². The van der Waals surface area contributed by atoms with Gasteiger partial charge in [0.1, 0.15) is 17.6 Å². The van der Waals surface area contributed by atoms with Gasteiger partial charge in [-0.3, -0.25) is 0 Å². The standard InChI is InChI=1S/C14H13BrO5/c1-18-8-3-4-10(15)9(7-8)13(16)11-5-6-12(20-11)14(17)19-2/h3-7,13,16H,1-2H3.